The summed E-state index contributed by atoms with van der Waals surface area (Å²) in [5.74, 6) is -4.53. The summed E-state index contributed by atoms with van der Waals surface area (Å²) in [5.41, 5.74) is 0.436. The molecule has 1 aromatic carbocycles. The first-order chi connectivity index (χ1) is 10.3. The van der Waals surface area contributed by atoms with Gasteiger partial charge in [0.1, 0.15) is 12.5 Å². The number of carbonyl (C=O) groups excluding carboxylic acids is 2. The molecule has 1 aliphatic rings. The minimum Gasteiger partial charge on any atom is -0.326 e. The number of benzene rings is 1. The van der Waals surface area contributed by atoms with Gasteiger partial charge in [0.15, 0.2) is 0 Å². The Morgan fingerprint density at radius 2 is 2.05 bits per heavy atom. The predicted molar refractivity (Wildman–Crippen MR) is 75.4 cm³/mol. The fourth-order valence-electron chi connectivity index (χ4n) is 2.17. The average molecular weight is 328 g/mol. The van der Waals surface area contributed by atoms with Gasteiger partial charge in [-0.3, -0.25) is 9.59 Å². The number of alkyl halides is 2. The molecule has 0 spiro atoms. The largest absolute Gasteiger partial charge is 0.326 e. The number of halogens is 3. The van der Waals surface area contributed by atoms with Gasteiger partial charge in [-0.2, -0.15) is 5.26 Å². The van der Waals surface area contributed by atoms with Gasteiger partial charge in [0, 0.05) is 17.1 Å². The molecule has 1 atom stereocenters. The predicted octanol–water partition coefficient (Wildman–Crippen LogP) is 2.43. The quantitative estimate of drug-likeness (QED) is 0.866. The molecule has 1 heterocycles. The second-order valence-corrected chi connectivity index (χ2v) is 5.39. The molecule has 0 aromatic heterocycles. The number of nitrogens with one attached hydrogen (secondary N) is 1. The van der Waals surface area contributed by atoms with E-state index in [-0.39, 0.29) is 0 Å². The van der Waals surface area contributed by atoms with Crippen molar-refractivity contribution in [1.82, 2.24) is 4.90 Å². The van der Waals surface area contributed by atoms with Crippen LogP contribution >= 0.6 is 11.6 Å². The first-order valence-electron chi connectivity index (χ1n) is 6.43. The monoisotopic (exact) mass is 327 g/mol. The minimum atomic E-state index is -3.09. The lowest BCUT2D eigenvalue weighted by Crippen LogP contribution is -2.37. The van der Waals surface area contributed by atoms with Crippen molar-refractivity contribution in [2.45, 2.75) is 24.8 Å². The Morgan fingerprint density at radius 1 is 1.41 bits per heavy atom. The molecule has 1 fully saturated rings. The third-order valence-electron chi connectivity index (χ3n) is 3.18. The number of nitrogens with zero attached hydrogens (tertiary/aromatic N) is 2. The third kappa shape index (κ3) is 3.92. The molecule has 0 aliphatic carbocycles. The van der Waals surface area contributed by atoms with E-state index in [2.05, 4.69) is 5.32 Å². The van der Waals surface area contributed by atoms with Crippen molar-refractivity contribution in [2.24, 2.45) is 0 Å². The standard InChI is InChI=1S/C14H12ClF2N3O2/c15-9-1-3-10(4-2-9)19-12(21)5-13(22)20-8-14(16,17)6-11(20)7-18/h1-4,11H,5-6,8H2,(H,19,21)/t11-/m0/s1. The maximum atomic E-state index is 13.3. The molecule has 5 nitrogen and oxygen atoms in total. The number of rotatable bonds is 3. The number of hydrogen-bond donors (Lipinski definition) is 1. The number of hydrogen-bond acceptors (Lipinski definition) is 3. The van der Waals surface area contributed by atoms with Crippen LogP contribution in [0.3, 0.4) is 0 Å². The van der Waals surface area contributed by atoms with Gasteiger partial charge in [0.25, 0.3) is 5.92 Å². The van der Waals surface area contributed by atoms with Crippen LogP contribution < -0.4 is 5.32 Å². The second-order valence-electron chi connectivity index (χ2n) is 4.96. The molecule has 1 aromatic rings. The molecule has 22 heavy (non-hydrogen) atoms. The maximum absolute atomic E-state index is 13.3. The van der Waals surface area contributed by atoms with Crippen molar-refractivity contribution in [1.29, 1.82) is 5.26 Å². The van der Waals surface area contributed by atoms with Crippen molar-refractivity contribution in [3.63, 3.8) is 0 Å². The van der Waals surface area contributed by atoms with Gasteiger partial charge in [-0.15, -0.1) is 0 Å². The maximum Gasteiger partial charge on any atom is 0.268 e. The van der Waals surface area contributed by atoms with Crippen molar-refractivity contribution >= 4 is 29.1 Å². The zero-order chi connectivity index (χ0) is 16.3. The van der Waals surface area contributed by atoms with Crippen LogP contribution in [0.25, 0.3) is 0 Å². The smallest absolute Gasteiger partial charge is 0.268 e. The molecule has 0 unspecified atom stereocenters. The summed E-state index contributed by atoms with van der Waals surface area (Å²) in [6.45, 7) is -0.835. The van der Waals surface area contributed by atoms with Crippen LogP contribution in [0, 0.1) is 11.3 Å². The Kier molecular flexibility index (Phi) is 4.62. The molecule has 1 aliphatic heterocycles. The molecule has 0 bridgehead atoms. The molecular weight excluding hydrogens is 316 g/mol. The fraction of sp³-hybridized carbons (Fsp3) is 0.357. The Bertz CT molecular complexity index is 628. The number of anilines is 1. The third-order valence-corrected chi connectivity index (χ3v) is 3.43. The molecule has 1 N–H and O–H groups in total. The zero-order valence-electron chi connectivity index (χ0n) is 11.4. The Labute approximate surface area is 130 Å². The van der Waals surface area contributed by atoms with Crippen LogP contribution in [-0.2, 0) is 9.59 Å². The minimum absolute atomic E-state index is 0.436. The van der Waals surface area contributed by atoms with E-state index in [1.807, 2.05) is 0 Å². The first kappa shape index (κ1) is 16.2. The number of carbonyl (C=O) groups is 2. The lowest BCUT2D eigenvalue weighted by atomic mass is 10.2. The van der Waals surface area contributed by atoms with Crippen LogP contribution in [0.5, 0.6) is 0 Å². The normalized spacial score (nSPS) is 19.5. The van der Waals surface area contributed by atoms with Crippen LogP contribution in [0.2, 0.25) is 5.02 Å². The van der Waals surface area contributed by atoms with E-state index in [1.165, 1.54) is 0 Å². The van der Waals surface area contributed by atoms with E-state index < -0.39 is 43.2 Å². The molecular formula is C14H12ClF2N3O2. The summed E-state index contributed by atoms with van der Waals surface area (Å²) in [6.07, 6.45) is -1.30. The average Bonchev–Trinajstić information content (AvgIpc) is 2.76. The topological polar surface area (TPSA) is 73.2 Å². The second kappa shape index (κ2) is 6.28. The number of likely N-dealkylation sites (tertiary alicyclic amines) is 1. The first-order valence-corrected chi connectivity index (χ1v) is 6.81. The van der Waals surface area contributed by atoms with Gasteiger partial charge < -0.3 is 10.2 Å². The van der Waals surface area contributed by atoms with E-state index in [1.54, 1.807) is 30.3 Å². The molecule has 1 saturated heterocycles. The molecule has 2 rings (SSSR count). The van der Waals surface area contributed by atoms with E-state index in [9.17, 15) is 18.4 Å². The van der Waals surface area contributed by atoms with E-state index in [0.717, 1.165) is 4.90 Å². The van der Waals surface area contributed by atoms with Gasteiger partial charge in [0.2, 0.25) is 11.8 Å². The number of amides is 2. The molecule has 116 valence electrons. The van der Waals surface area contributed by atoms with Crippen LogP contribution in [0.4, 0.5) is 14.5 Å². The highest BCUT2D eigenvalue weighted by atomic mass is 35.5. The van der Waals surface area contributed by atoms with Crippen molar-refractivity contribution in [2.75, 3.05) is 11.9 Å². The lowest BCUT2D eigenvalue weighted by molar-refractivity contribution is -0.135. The van der Waals surface area contributed by atoms with Gasteiger partial charge in [-0.25, -0.2) is 8.78 Å². The van der Waals surface area contributed by atoms with Gasteiger partial charge in [-0.1, -0.05) is 11.6 Å². The number of nitriles is 1. The van der Waals surface area contributed by atoms with Crippen molar-refractivity contribution in [3.8, 4) is 6.07 Å². The van der Waals surface area contributed by atoms with E-state index >= 15 is 0 Å². The molecule has 8 heteroatoms. The molecule has 2 amide bonds. The lowest BCUT2D eigenvalue weighted by Gasteiger charge is -2.18. The van der Waals surface area contributed by atoms with Crippen molar-refractivity contribution < 1.29 is 18.4 Å². The summed E-state index contributed by atoms with van der Waals surface area (Å²) in [6, 6.07) is 6.67. The Morgan fingerprint density at radius 3 is 2.64 bits per heavy atom. The van der Waals surface area contributed by atoms with Crippen molar-refractivity contribution in [3.05, 3.63) is 29.3 Å². The van der Waals surface area contributed by atoms with Gasteiger partial charge >= 0.3 is 0 Å². The highest BCUT2D eigenvalue weighted by Crippen LogP contribution is 2.32. The SMILES string of the molecule is N#C[C@@H]1CC(F)(F)CN1C(=O)CC(=O)Nc1ccc(Cl)cc1. The summed E-state index contributed by atoms with van der Waals surface area (Å²) in [4.78, 5) is 24.4. The molecule has 0 radical (unpaired) electrons. The van der Waals surface area contributed by atoms with Crippen LogP contribution in [0.1, 0.15) is 12.8 Å². The Balaban J connectivity index is 1.95. The summed E-state index contributed by atoms with van der Waals surface area (Å²) >= 11 is 5.70. The van der Waals surface area contributed by atoms with Crippen LogP contribution in [0.15, 0.2) is 24.3 Å². The van der Waals surface area contributed by atoms with Gasteiger partial charge in [0.05, 0.1) is 12.6 Å². The van der Waals surface area contributed by atoms with Crippen LogP contribution in [-0.4, -0.2) is 35.2 Å². The summed E-state index contributed by atoms with van der Waals surface area (Å²) < 4.78 is 26.5. The zero-order valence-corrected chi connectivity index (χ0v) is 12.1. The highest BCUT2D eigenvalue weighted by Gasteiger charge is 2.47. The van der Waals surface area contributed by atoms with E-state index in [0.29, 0.717) is 10.7 Å². The highest BCUT2D eigenvalue weighted by molar-refractivity contribution is 6.30. The fourth-order valence-corrected chi connectivity index (χ4v) is 2.30. The Hall–Kier alpha value is -2.20. The van der Waals surface area contributed by atoms with Gasteiger partial charge in [-0.05, 0) is 24.3 Å². The van der Waals surface area contributed by atoms with E-state index in [4.69, 9.17) is 16.9 Å². The molecule has 0 saturated carbocycles. The summed E-state index contributed by atoms with van der Waals surface area (Å²) in [7, 11) is 0. The summed E-state index contributed by atoms with van der Waals surface area (Å²) in [5, 5.41) is 11.8.